The van der Waals surface area contributed by atoms with E-state index >= 15 is 0 Å². The minimum absolute atomic E-state index is 0.259. The molecule has 9 nitrogen and oxygen atoms in total. The molecule has 0 unspecified atom stereocenters. The van der Waals surface area contributed by atoms with Gasteiger partial charge in [0, 0.05) is 24.0 Å². The van der Waals surface area contributed by atoms with Crippen molar-refractivity contribution in [1.29, 1.82) is 0 Å². The van der Waals surface area contributed by atoms with E-state index in [4.69, 9.17) is 0 Å². The van der Waals surface area contributed by atoms with Crippen LogP contribution in [-0.2, 0) is 7.05 Å². The number of nitrogens with zero attached hydrogens (tertiary/aromatic N) is 4. The molecule has 3 aromatic rings. The second-order valence-electron chi connectivity index (χ2n) is 5.88. The van der Waals surface area contributed by atoms with Crippen molar-refractivity contribution in [2.75, 3.05) is 10.6 Å². The maximum atomic E-state index is 12.3. The third kappa shape index (κ3) is 4.66. The molecule has 0 fully saturated rings. The van der Waals surface area contributed by atoms with Gasteiger partial charge in [0.1, 0.15) is 0 Å². The number of carbonyl (C=O) groups excluding carboxylic acids is 2. The van der Waals surface area contributed by atoms with Crippen LogP contribution in [0.4, 0.5) is 16.2 Å². The predicted molar refractivity (Wildman–Crippen MR) is 100 cm³/mol. The molecule has 3 N–H and O–H groups in total. The van der Waals surface area contributed by atoms with Crippen LogP contribution in [0.3, 0.4) is 0 Å². The number of rotatable bonds is 5. The Balaban J connectivity index is 1.57. The van der Waals surface area contributed by atoms with Gasteiger partial charge in [-0.2, -0.15) is 0 Å². The number of aromatic nitrogens is 4. The molecule has 0 saturated heterocycles. The Bertz CT molecular complexity index is 922. The van der Waals surface area contributed by atoms with E-state index in [1.807, 2.05) is 18.2 Å². The third-order valence-corrected chi connectivity index (χ3v) is 3.82. The minimum Gasteiger partial charge on any atom is -0.342 e. The summed E-state index contributed by atoms with van der Waals surface area (Å²) in [5, 5.41) is 19.4. The van der Waals surface area contributed by atoms with Gasteiger partial charge in [0.05, 0.1) is 6.04 Å². The second-order valence-corrected chi connectivity index (χ2v) is 5.88. The van der Waals surface area contributed by atoms with Gasteiger partial charge in [-0.25, -0.2) is 9.48 Å². The number of benzene rings is 2. The summed E-state index contributed by atoms with van der Waals surface area (Å²) in [6.07, 6.45) is 0. The number of anilines is 2. The highest BCUT2D eigenvalue weighted by molar-refractivity contribution is 6.00. The zero-order valence-corrected chi connectivity index (χ0v) is 14.9. The molecule has 3 rings (SSSR count). The number of aryl methyl sites for hydroxylation is 1. The Labute approximate surface area is 155 Å². The summed E-state index contributed by atoms with van der Waals surface area (Å²) in [5.41, 5.74) is 1.73. The van der Waals surface area contributed by atoms with Crippen molar-refractivity contribution in [2.24, 2.45) is 7.05 Å². The first-order valence-electron chi connectivity index (χ1n) is 8.29. The first kappa shape index (κ1) is 18.1. The molecule has 1 atom stereocenters. The summed E-state index contributed by atoms with van der Waals surface area (Å²) >= 11 is 0. The van der Waals surface area contributed by atoms with Crippen LogP contribution in [0.25, 0.3) is 0 Å². The molecule has 138 valence electrons. The number of hydrogen-bond donors (Lipinski definition) is 3. The van der Waals surface area contributed by atoms with Crippen molar-refractivity contribution in [1.82, 2.24) is 25.5 Å². The van der Waals surface area contributed by atoms with E-state index in [1.165, 1.54) is 4.68 Å². The molecule has 0 saturated carbocycles. The van der Waals surface area contributed by atoms with Crippen LogP contribution in [0.5, 0.6) is 0 Å². The van der Waals surface area contributed by atoms with E-state index in [9.17, 15) is 9.59 Å². The summed E-state index contributed by atoms with van der Waals surface area (Å²) in [4.78, 5) is 24.3. The number of carbonyl (C=O) groups is 2. The van der Waals surface area contributed by atoms with Gasteiger partial charge in [-0.1, -0.05) is 18.2 Å². The maximum Gasteiger partial charge on any atom is 0.323 e. The number of nitrogens with one attached hydrogen (secondary N) is 3. The first-order valence-corrected chi connectivity index (χ1v) is 8.29. The van der Waals surface area contributed by atoms with Crippen molar-refractivity contribution in [3.63, 3.8) is 0 Å². The van der Waals surface area contributed by atoms with Gasteiger partial charge in [-0.05, 0) is 53.7 Å². The number of tetrazole rings is 1. The summed E-state index contributed by atoms with van der Waals surface area (Å²) in [5.74, 6) is 0.296. The molecule has 0 spiro atoms. The predicted octanol–water partition coefficient (Wildman–Crippen LogP) is 2.35. The fourth-order valence-corrected chi connectivity index (χ4v) is 2.47. The Morgan fingerprint density at radius 2 is 1.59 bits per heavy atom. The molecule has 9 heteroatoms. The van der Waals surface area contributed by atoms with E-state index in [2.05, 4.69) is 31.5 Å². The van der Waals surface area contributed by atoms with Crippen LogP contribution in [0.1, 0.15) is 29.1 Å². The highest BCUT2D eigenvalue weighted by Gasteiger charge is 2.16. The molecule has 3 amide bonds. The molecule has 27 heavy (non-hydrogen) atoms. The second kappa shape index (κ2) is 8.09. The molecular weight excluding hydrogens is 346 g/mol. The molecule has 0 aliphatic rings. The number of amides is 3. The van der Waals surface area contributed by atoms with Gasteiger partial charge < -0.3 is 16.0 Å². The van der Waals surface area contributed by atoms with Crippen molar-refractivity contribution >= 4 is 23.3 Å². The van der Waals surface area contributed by atoms with Gasteiger partial charge in [-0.15, -0.1) is 5.10 Å². The molecule has 0 aliphatic carbocycles. The lowest BCUT2D eigenvalue weighted by Crippen LogP contribution is -2.28. The smallest absolute Gasteiger partial charge is 0.323 e. The summed E-state index contributed by atoms with van der Waals surface area (Å²) in [7, 11) is 1.71. The Kier molecular flexibility index (Phi) is 5.41. The number of hydrogen-bond acceptors (Lipinski definition) is 5. The van der Waals surface area contributed by atoms with Crippen LogP contribution in [0.2, 0.25) is 0 Å². The van der Waals surface area contributed by atoms with Crippen molar-refractivity contribution in [3.05, 3.63) is 66.0 Å². The monoisotopic (exact) mass is 365 g/mol. The largest absolute Gasteiger partial charge is 0.342 e. The topological polar surface area (TPSA) is 114 Å². The SMILES string of the molecule is C[C@H](NC(=O)c1ccc(NC(=O)Nc2ccccc2)cc1)c1nnnn1C. The first-order chi connectivity index (χ1) is 13.0. The summed E-state index contributed by atoms with van der Waals surface area (Å²) < 4.78 is 1.50. The van der Waals surface area contributed by atoms with Crippen LogP contribution in [-0.4, -0.2) is 32.1 Å². The Morgan fingerprint density at radius 3 is 2.19 bits per heavy atom. The number of para-hydroxylation sites is 1. The quantitative estimate of drug-likeness (QED) is 0.642. The van der Waals surface area contributed by atoms with E-state index < -0.39 is 0 Å². The van der Waals surface area contributed by atoms with Gasteiger partial charge in [-0.3, -0.25) is 4.79 Å². The molecule has 1 aromatic heterocycles. The Morgan fingerprint density at radius 1 is 0.963 bits per heavy atom. The molecule has 0 bridgehead atoms. The van der Waals surface area contributed by atoms with E-state index in [0.717, 1.165) is 0 Å². The normalized spacial score (nSPS) is 11.5. The van der Waals surface area contributed by atoms with Crippen LogP contribution in [0, 0.1) is 0 Å². The fraction of sp³-hybridized carbons (Fsp3) is 0.167. The van der Waals surface area contributed by atoms with Gasteiger partial charge in [0.25, 0.3) is 5.91 Å². The molecule has 0 radical (unpaired) electrons. The third-order valence-electron chi connectivity index (χ3n) is 3.82. The lowest BCUT2D eigenvalue weighted by molar-refractivity contribution is 0.0937. The molecular formula is C18H19N7O2. The van der Waals surface area contributed by atoms with E-state index in [0.29, 0.717) is 22.8 Å². The standard InChI is InChI=1S/C18H19N7O2/c1-12(16-22-23-24-25(16)2)19-17(26)13-8-10-15(11-9-13)21-18(27)20-14-6-4-3-5-7-14/h3-12H,1-2H3,(H,19,26)(H2,20,21,27)/t12-/m0/s1. The maximum absolute atomic E-state index is 12.3. The van der Waals surface area contributed by atoms with Gasteiger partial charge >= 0.3 is 6.03 Å². The van der Waals surface area contributed by atoms with Gasteiger partial charge in [0.15, 0.2) is 5.82 Å². The molecule has 1 heterocycles. The molecule has 0 aliphatic heterocycles. The minimum atomic E-state index is -0.359. The van der Waals surface area contributed by atoms with Gasteiger partial charge in [0.2, 0.25) is 0 Å². The average molecular weight is 365 g/mol. The van der Waals surface area contributed by atoms with Crippen molar-refractivity contribution < 1.29 is 9.59 Å². The Hall–Kier alpha value is -3.75. The number of urea groups is 1. The summed E-state index contributed by atoms with van der Waals surface area (Å²) in [6.45, 7) is 1.80. The fourth-order valence-electron chi connectivity index (χ4n) is 2.47. The van der Waals surface area contributed by atoms with Crippen LogP contribution in [0.15, 0.2) is 54.6 Å². The lowest BCUT2D eigenvalue weighted by Gasteiger charge is -2.12. The summed E-state index contributed by atoms with van der Waals surface area (Å²) in [6, 6.07) is 15.0. The highest BCUT2D eigenvalue weighted by Crippen LogP contribution is 2.13. The van der Waals surface area contributed by atoms with Crippen LogP contribution >= 0.6 is 0 Å². The van der Waals surface area contributed by atoms with Crippen molar-refractivity contribution in [2.45, 2.75) is 13.0 Å². The molecule has 2 aromatic carbocycles. The van der Waals surface area contributed by atoms with Crippen LogP contribution < -0.4 is 16.0 Å². The van der Waals surface area contributed by atoms with Crippen molar-refractivity contribution in [3.8, 4) is 0 Å². The van der Waals surface area contributed by atoms with E-state index in [1.54, 1.807) is 50.4 Å². The zero-order valence-electron chi connectivity index (χ0n) is 14.9. The highest BCUT2D eigenvalue weighted by atomic mass is 16.2. The lowest BCUT2D eigenvalue weighted by atomic mass is 10.2. The zero-order chi connectivity index (χ0) is 19.2. The van der Waals surface area contributed by atoms with E-state index in [-0.39, 0.29) is 18.0 Å². The average Bonchev–Trinajstić information content (AvgIpc) is 3.09.